The second-order valence-corrected chi connectivity index (χ2v) is 4.69. The van der Waals surface area contributed by atoms with Crippen LogP contribution in [0.3, 0.4) is 0 Å². The molecular weight excluding hydrogens is 276 g/mol. The van der Waals surface area contributed by atoms with Crippen LogP contribution in [0.15, 0.2) is 48.8 Å². The molecule has 0 fully saturated rings. The van der Waals surface area contributed by atoms with E-state index in [4.69, 9.17) is 16.3 Å². The lowest BCUT2D eigenvalue weighted by atomic mass is 10.2. The minimum absolute atomic E-state index is 0.0306. The van der Waals surface area contributed by atoms with Crippen LogP contribution in [0, 0.1) is 0 Å². The van der Waals surface area contributed by atoms with Crippen molar-refractivity contribution >= 4 is 23.2 Å². The van der Waals surface area contributed by atoms with Crippen molar-refractivity contribution in [2.24, 2.45) is 0 Å². The number of rotatable bonds is 5. The predicted octanol–water partition coefficient (Wildman–Crippen LogP) is 2.91. The van der Waals surface area contributed by atoms with Crippen LogP contribution < -0.4 is 4.90 Å². The van der Waals surface area contributed by atoms with Crippen LogP contribution in [-0.4, -0.2) is 24.6 Å². The van der Waals surface area contributed by atoms with Gasteiger partial charge in [-0.2, -0.15) is 0 Å². The minimum atomic E-state index is -0.112. The van der Waals surface area contributed by atoms with Crippen molar-refractivity contribution in [3.05, 3.63) is 59.4 Å². The molecule has 1 amide bonds. The normalized spacial score (nSPS) is 10.3. The van der Waals surface area contributed by atoms with Gasteiger partial charge in [0.2, 0.25) is 0 Å². The van der Waals surface area contributed by atoms with Crippen LogP contribution in [0.4, 0.5) is 5.69 Å². The molecule has 0 aliphatic carbocycles. The lowest BCUT2D eigenvalue weighted by molar-refractivity contribution is -0.122. The number of carbonyl (C=O) groups excluding carboxylic acids is 1. The summed E-state index contributed by atoms with van der Waals surface area (Å²) in [6, 6.07) is 10.9. The second kappa shape index (κ2) is 7.03. The maximum Gasteiger partial charge on any atom is 0.253 e. The highest BCUT2D eigenvalue weighted by atomic mass is 35.5. The summed E-state index contributed by atoms with van der Waals surface area (Å²) in [4.78, 5) is 17.9. The number of nitrogens with zero attached hydrogens (tertiary/aromatic N) is 2. The molecule has 0 atom stereocenters. The summed E-state index contributed by atoms with van der Waals surface area (Å²) < 4.78 is 4.93. The number of aromatic nitrogens is 1. The Hall–Kier alpha value is -1.91. The molecule has 104 valence electrons. The molecule has 0 radical (unpaired) electrons. The molecule has 5 heteroatoms. The molecular formula is C15H15ClN2O2. The van der Waals surface area contributed by atoms with Gasteiger partial charge in [0, 0.05) is 30.2 Å². The number of hydrogen-bond acceptors (Lipinski definition) is 3. The number of ether oxygens (including phenoxy) is 1. The average molecular weight is 291 g/mol. The first-order valence-electron chi connectivity index (χ1n) is 6.14. The molecule has 1 aromatic carbocycles. The minimum Gasteiger partial charge on any atom is -0.375 e. The van der Waals surface area contributed by atoms with E-state index >= 15 is 0 Å². The second-order valence-electron chi connectivity index (χ2n) is 4.25. The van der Waals surface area contributed by atoms with Gasteiger partial charge in [-0.25, -0.2) is 0 Å². The van der Waals surface area contributed by atoms with Gasteiger partial charge in [0.1, 0.15) is 6.61 Å². The molecule has 0 saturated heterocycles. The van der Waals surface area contributed by atoms with Crippen molar-refractivity contribution in [2.75, 3.05) is 18.6 Å². The molecule has 2 rings (SSSR count). The summed E-state index contributed by atoms with van der Waals surface area (Å²) in [5, 5.41) is 0.634. The standard InChI is InChI=1S/C15H15ClN2O2/c1-20-11-15(19)18(10-12-3-2-8-17-9-12)14-6-4-13(16)5-7-14/h2-9H,10-11H2,1H3. The van der Waals surface area contributed by atoms with Crippen LogP contribution in [0.1, 0.15) is 5.56 Å². The van der Waals surface area contributed by atoms with Gasteiger partial charge in [0.15, 0.2) is 0 Å². The number of halogens is 1. The van der Waals surface area contributed by atoms with Crippen molar-refractivity contribution in [3.63, 3.8) is 0 Å². The molecule has 2 aromatic rings. The molecule has 0 N–H and O–H groups in total. The first-order valence-corrected chi connectivity index (χ1v) is 6.52. The summed E-state index contributed by atoms with van der Waals surface area (Å²) >= 11 is 5.88. The summed E-state index contributed by atoms with van der Waals surface area (Å²) in [5.74, 6) is -0.112. The molecule has 1 heterocycles. The van der Waals surface area contributed by atoms with Crippen molar-refractivity contribution in [1.29, 1.82) is 0 Å². The van der Waals surface area contributed by atoms with Gasteiger partial charge >= 0.3 is 0 Å². The third kappa shape index (κ3) is 3.79. The quantitative estimate of drug-likeness (QED) is 0.850. The summed E-state index contributed by atoms with van der Waals surface area (Å²) in [5.41, 5.74) is 1.73. The van der Waals surface area contributed by atoms with E-state index in [0.717, 1.165) is 11.3 Å². The van der Waals surface area contributed by atoms with Crippen molar-refractivity contribution < 1.29 is 9.53 Å². The van der Waals surface area contributed by atoms with Crippen molar-refractivity contribution in [1.82, 2.24) is 4.98 Å². The SMILES string of the molecule is COCC(=O)N(Cc1cccnc1)c1ccc(Cl)cc1. The van der Waals surface area contributed by atoms with Crippen molar-refractivity contribution in [2.45, 2.75) is 6.54 Å². The van der Waals surface area contributed by atoms with E-state index in [1.165, 1.54) is 7.11 Å². The summed E-state index contributed by atoms with van der Waals surface area (Å²) in [6.45, 7) is 0.473. The lowest BCUT2D eigenvalue weighted by Gasteiger charge is -2.22. The molecule has 20 heavy (non-hydrogen) atoms. The van der Waals surface area contributed by atoms with E-state index in [9.17, 15) is 4.79 Å². The zero-order valence-corrected chi connectivity index (χ0v) is 11.9. The predicted molar refractivity (Wildman–Crippen MR) is 78.8 cm³/mol. The Labute approximate surface area is 123 Å². The van der Waals surface area contributed by atoms with Gasteiger partial charge in [-0.05, 0) is 35.9 Å². The fourth-order valence-electron chi connectivity index (χ4n) is 1.82. The number of pyridine rings is 1. The summed E-state index contributed by atoms with van der Waals surface area (Å²) in [7, 11) is 1.50. The van der Waals surface area contributed by atoms with E-state index in [-0.39, 0.29) is 12.5 Å². The first-order chi connectivity index (χ1) is 9.70. The maximum atomic E-state index is 12.2. The first kappa shape index (κ1) is 14.5. The zero-order valence-electron chi connectivity index (χ0n) is 11.1. The Kier molecular flexibility index (Phi) is 5.09. The van der Waals surface area contributed by atoms with Crippen LogP contribution >= 0.6 is 11.6 Å². The van der Waals surface area contributed by atoms with E-state index < -0.39 is 0 Å². The third-order valence-corrected chi connectivity index (χ3v) is 3.02. The van der Waals surface area contributed by atoms with Crippen LogP contribution in [0.25, 0.3) is 0 Å². The maximum absolute atomic E-state index is 12.2. The molecule has 0 aliphatic rings. The number of amides is 1. The molecule has 4 nitrogen and oxygen atoms in total. The van der Waals surface area contributed by atoms with Crippen LogP contribution in [-0.2, 0) is 16.1 Å². The highest BCUT2D eigenvalue weighted by Gasteiger charge is 2.16. The van der Waals surface area contributed by atoms with Gasteiger partial charge in [0.25, 0.3) is 5.91 Å². The number of carbonyl (C=O) groups is 1. The highest BCUT2D eigenvalue weighted by Crippen LogP contribution is 2.20. The van der Waals surface area contributed by atoms with Gasteiger partial charge in [-0.15, -0.1) is 0 Å². The third-order valence-electron chi connectivity index (χ3n) is 2.77. The number of anilines is 1. The monoisotopic (exact) mass is 290 g/mol. The Morgan fingerprint density at radius 2 is 2.05 bits per heavy atom. The van der Waals surface area contributed by atoms with E-state index in [2.05, 4.69) is 4.98 Å². The van der Waals surface area contributed by atoms with Gasteiger partial charge in [-0.1, -0.05) is 17.7 Å². The zero-order chi connectivity index (χ0) is 14.4. The molecule has 1 aromatic heterocycles. The molecule has 0 aliphatic heterocycles. The fourth-order valence-corrected chi connectivity index (χ4v) is 1.95. The Morgan fingerprint density at radius 1 is 1.30 bits per heavy atom. The van der Waals surface area contributed by atoms with E-state index in [1.807, 2.05) is 24.3 Å². The van der Waals surface area contributed by atoms with Gasteiger partial charge in [-0.3, -0.25) is 9.78 Å². The van der Waals surface area contributed by atoms with E-state index in [0.29, 0.717) is 11.6 Å². The average Bonchev–Trinajstić information content (AvgIpc) is 2.47. The Balaban J connectivity index is 2.25. The van der Waals surface area contributed by atoms with Gasteiger partial charge < -0.3 is 9.64 Å². The Morgan fingerprint density at radius 3 is 2.65 bits per heavy atom. The fraction of sp³-hybridized carbons (Fsp3) is 0.200. The van der Waals surface area contributed by atoms with Crippen LogP contribution in [0.5, 0.6) is 0 Å². The molecule has 0 bridgehead atoms. The van der Waals surface area contributed by atoms with Crippen LogP contribution in [0.2, 0.25) is 5.02 Å². The molecule has 0 spiro atoms. The Bertz CT molecular complexity index is 558. The highest BCUT2D eigenvalue weighted by molar-refractivity contribution is 6.30. The molecule has 0 saturated carbocycles. The smallest absolute Gasteiger partial charge is 0.253 e. The molecule has 0 unspecified atom stereocenters. The lowest BCUT2D eigenvalue weighted by Crippen LogP contribution is -2.33. The largest absolute Gasteiger partial charge is 0.375 e. The van der Waals surface area contributed by atoms with E-state index in [1.54, 1.807) is 29.4 Å². The summed E-state index contributed by atoms with van der Waals surface area (Å²) in [6.07, 6.45) is 3.44. The number of hydrogen-bond donors (Lipinski definition) is 0. The number of benzene rings is 1. The van der Waals surface area contributed by atoms with Crippen molar-refractivity contribution in [3.8, 4) is 0 Å². The number of methoxy groups -OCH3 is 1. The van der Waals surface area contributed by atoms with Gasteiger partial charge in [0.05, 0.1) is 6.54 Å². The topological polar surface area (TPSA) is 42.4 Å².